The number of carbonyl (C=O) groups is 1. The minimum absolute atomic E-state index is 0.120. The van der Waals surface area contributed by atoms with Crippen molar-refractivity contribution < 1.29 is 4.79 Å². The zero-order valence-electron chi connectivity index (χ0n) is 13.2. The Balaban J connectivity index is 1.73. The smallest absolute Gasteiger partial charge is 0.253 e. The first-order valence-electron chi connectivity index (χ1n) is 7.62. The number of nitrogens with zero attached hydrogens (tertiary/aromatic N) is 4. The van der Waals surface area contributed by atoms with Crippen molar-refractivity contribution in [1.82, 2.24) is 24.9 Å². The summed E-state index contributed by atoms with van der Waals surface area (Å²) in [6.45, 7) is 4.81. The molecule has 0 bridgehead atoms. The predicted octanol–water partition coefficient (Wildman–Crippen LogP) is 1.92. The minimum Gasteiger partial charge on any atom is -0.356 e. The van der Waals surface area contributed by atoms with Gasteiger partial charge in [0, 0.05) is 24.4 Å². The largest absolute Gasteiger partial charge is 0.356 e. The lowest BCUT2D eigenvalue weighted by atomic mass is 10.1. The van der Waals surface area contributed by atoms with Gasteiger partial charge in [0.1, 0.15) is 0 Å². The molecule has 0 unspecified atom stereocenters. The molecule has 2 heterocycles. The summed E-state index contributed by atoms with van der Waals surface area (Å²) in [5, 5.41) is 8.16. The lowest BCUT2D eigenvalue weighted by Gasteiger charge is -2.10. The number of hydrogen-bond donors (Lipinski definition) is 1. The molecule has 0 atom stereocenters. The molecule has 3 rings (SSSR count). The van der Waals surface area contributed by atoms with Crippen LogP contribution in [0.15, 0.2) is 5.16 Å². The first-order valence-corrected chi connectivity index (χ1v) is 8.84. The third-order valence-corrected chi connectivity index (χ3v) is 4.64. The van der Waals surface area contributed by atoms with E-state index in [9.17, 15) is 4.79 Å². The van der Waals surface area contributed by atoms with Gasteiger partial charge in [-0.15, -0.1) is 5.10 Å². The second-order valence-corrected chi connectivity index (χ2v) is 6.59. The summed E-state index contributed by atoms with van der Waals surface area (Å²) < 4.78 is 1.77. The highest BCUT2D eigenvalue weighted by molar-refractivity contribution is 7.98. The van der Waals surface area contributed by atoms with Crippen LogP contribution in [0.3, 0.4) is 0 Å². The van der Waals surface area contributed by atoms with Crippen molar-refractivity contribution in [2.45, 2.75) is 44.7 Å². The molecule has 2 aromatic heterocycles. The Morgan fingerprint density at radius 2 is 2.14 bits per heavy atom. The monoisotopic (exact) mass is 319 g/mol. The number of fused-ring (bicyclic) bond motifs is 1. The lowest BCUT2D eigenvalue weighted by molar-refractivity contribution is -0.121. The van der Waals surface area contributed by atoms with Crippen molar-refractivity contribution in [2.24, 2.45) is 5.92 Å². The highest BCUT2D eigenvalue weighted by Gasteiger charge is 2.21. The van der Waals surface area contributed by atoms with E-state index in [1.54, 1.807) is 4.52 Å². The van der Waals surface area contributed by atoms with E-state index >= 15 is 0 Å². The molecule has 0 aliphatic heterocycles. The summed E-state index contributed by atoms with van der Waals surface area (Å²) >= 11 is 1.50. The first kappa shape index (κ1) is 15.3. The lowest BCUT2D eigenvalue weighted by Crippen LogP contribution is -2.26. The number of aromatic nitrogens is 4. The average Bonchev–Trinajstić information content (AvgIpc) is 3.23. The fourth-order valence-electron chi connectivity index (χ4n) is 2.55. The second-order valence-electron chi connectivity index (χ2n) is 5.82. The number of carbonyl (C=O) groups excluding carboxylic acids is 1. The van der Waals surface area contributed by atoms with Crippen molar-refractivity contribution >= 4 is 23.4 Å². The van der Waals surface area contributed by atoms with E-state index in [4.69, 9.17) is 0 Å². The maximum Gasteiger partial charge on any atom is 0.253 e. The van der Waals surface area contributed by atoms with Gasteiger partial charge in [-0.1, -0.05) is 11.8 Å². The molecule has 118 valence electrons. The van der Waals surface area contributed by atoms with Crippen molar-refractivity contribution in [3.8, 4) is 0 Å². The van der Waals surface area contributed by atoms with Crippen LogP contribution in [0.1, 0.15) is 36.2 Å². The van der Waals surface area contributed by atoms with Gasteiger partial charge in [-0.25, -0.2) is 9.50 Å². The molecular formula is C15H21N5OS. The second kappa shape index (κ2) is 6.24. The van der Waals surface area contributed by atoms with Crippen LogP contribution < -0.4 is 5.32 Å². The average molecular weight is 319 g/mol. The highest BCUT2D eigenvalue weighted by atomic mass is 32.2. The van der Waals surface area contributed by atoms with Gasteiger partial charge in [-0.3, -0.25) is 4.79 Å². The molecule has 1 saturated carbocycles. The normalized spacial score (nSPS) is 14.5. The van der Waals surface area contributed by atoms with Gasteiger partial charge >= 0.3 is 0 Å². The Kier molecular flexibility index (Phi) is 4.33. The third kappa shape index (κ3) is 3.24. The minimum atomic E-state index is 0.120. The molecule has 7 heteroatoms. The van der Waals surface area contributed by atoms with E-state index in [0.29, 0.717) is 29.7 Å². The molecule has 1 aliphatic rings. The molecular weight excluding hydrogens is 298 g/mol. The van der Waals surface area contributed by atoms with Crippen molar-refractivity contribution in [3.63, 3.8) is 0 Å². The van der Waals surface area contributed by atoms with E-state index in [-0.39, 0.29) is 5.91 Å². The molecule has 1 fully saturated rings. The Morgan fingerprint density at radius 1 is 1.36 bits per heavy atom. The molecule has 1 N–H and O–H groups in total. The van der Waals surface area contributed by atoms with Crippen LogP contribution in [0.5, 0.6) is 0 Å². The van der Waals surface area contributed by atoms with Gasteiger partial charge in [0.05, 0.1) is 0 Å². The fraction of sp³-hybridized carbons (Fsp3) is 0.600. The summed E-state index contributed by atoms with van der Waals surface area (Å²) in [6, 6.07) is 0. The Labute approximate surface area is 134 Å². The van der Waals surface area contributed by atoms with Gasteiger partial charge in [0.15, 0.2) is 0 Å². The number of nitrogens with one attached hydrogen (secondary N) is 1. The number of hydrogen-bond acceptors (Lipinski definition) is 5. The van der Waals surface area contributed by atoms with E-state index < -0.39 is 0 Å². The SMILES string of the molecule is CSc1nc2nc(C)c(CCC(=O)NCC3CC3)c(C)n2n1. The molecule has 2 aromatic rings. The zero-order chi connectivity index (χ0) is 15.7. The third-order valence-electron chi connectivity index (χ3n) is 4.10. The molecule has 0 spiro atoms. The molecule has 0 saturated heterocycles. The van der Waals surface area contributed by atoms with Crippen LogP contribution in [0.25, 0.3) is 5.78 Å². The highest BCUT2D eigenvalue weighted by Crippen LogP contribution is 2.27. The Hall–Kier alpha value is -1.63. The zero-order valence-corrected chi connectivity index (χ0v) is 14.0. The van der Waals surface area contributed by atoms with Crippen LogP contribution in [-0.2, 0) is 11.2 Å². The summed E-state index contributed by atoms with van der Waals surface area (Å²) in [4.78, 5) is 20.8. The number of rotatable bonds is 6. The van der Waals surface area contributed by atoms with Crippen molar-refractivity contribution in [1.29, 1.82) is 0 Å². The van der Waals surface area contributed by atoms with Gasteiger partial charge in [-0.05, 0) is 50.8 Å². The summed E-state index contributed by atoms with van der Waals surface area (Å²) in [6.07, 6.45) is 5.63. The van der Waals surface area contributed by atoms with E-state index in [2.05, 4.69) is 20.4 Å². The molecule has 1 amide bonds. The summed E-state index contributed by atoms with van der Waals surface area (Å²) in [7, 11) is 0. The van der Waals surface area contributed by atoms with E-state index in [1.165, 1.54) is 24.6 Å². The predicted molar refractivity (Wildman–Crippen MR) is 86.1 cm³/mol. The maximum atomic E-state index is 11.9. The molecule has 0 radical (unpaired) electrons. The van der Waals surface area contributed by atoms with Crippen LogP contribution in [-0.4, -0.2) is 38.3 Å². The van der Waals surface area contributed by atoms with Crippen molar-refractivity contribution in [2.75, 3.05) is 12.8 Å². The first-order chi connectivity index (χ1) is 10.6. The van der Waals surface area contributed by atoms with E-state index in [1.807, 2.05) is 20.1 Å². The Bertz CT molecular complexity index is 708. The van der Waals surface area contributed by atoms with Gasteiger partial charge in [0.25, 0.3) is 5.78 Å². The fourth-order valence-corrected chi connectivity index (χ4v) is 2.88. The number of aryl methyl sites for hydroxylation is 2. The Morgan fingerprint density at radius 3 is 2.82 bits per heavy atom. The maximum absolute atomic E-state index is 11.9. The quantitative estimate of drug-likeness (QED) is 0.824. The molecule has 22 heavy (non-hydrogen) atoms. The topological polar surface area (TPSA) is 72.2 Å². The van der Waals surface area contributed by atoms with Gasteiger partial charge in [0.2, 0.25) is 11.1 Å². The number of amides is 1. The van der Waals surface area contributed by atoms with Crippen LogP contribution in [0.2, 0.25) is 0 Å². The standard InChI is InChI=1S/C15H21N5OS/c1-9-12(6-7-13(21)16-8-11-4-5-11)10(2)20-14(17-9)18-15(19-20)22-3/h11H,4-8H2,1-3H3,(H,16,21). The van der Waals surface area contributed by atoms with Crippen LogP contribution in [0, 0.1) is 19.8 Å². The molecule has 6 nitrogen and oxygen atoms in total. The molecule has 0 aromatic carbocycles. The summed E-state index contributed by atoms with van der Waals surface area (Å²) in [5.41, 5.74) is 3.04. The van der Waals surface area contributed by atoms with E-state index in [0.717, 1.165) is 23.5 Å². The van der Waals surface area contributed by atoms with Crippen LogP contribution in [0.4, 0.5) is 0 Å². The van der Waals surface area contributed by atoms with Crippen LogP contribution >= 0.6 is 11.8 Å². The van der Waals surface area contributed by atoms with Crippen molar-refractivity contribution in [3.05, 3.63) is 17.0 Å². The van der Waals surface area contributed by atoms with Gasteiger partial charge < -0.3 is 5.32 Å². The summed E-state index contributed by atoms with van der Waals surface area (Å²) in [5.74, 6) is 1.46. The number of thioether (sulfide) groups is 1. The molecule has 1 aliphatic carbocycles. The van der Waals surface area contributed by atoms with Gasteiger partial charge in [-0.2, -0.15) is 4.98 Å².